The van der Waals surface area contributed by atoms with E-state index in [1.807, 2.05) is 0 Å². The standard InChI is InChI=1S/C13H12ClN3O2S/c14-8-1-3-9(4-2-8)17-11(18)7-10(12(17)19)20-13-15-5-6-16-13/h1-4,10H,5-7H2,(H,15,16)/t10-/m1/s1. The van der Waals surface area contributed by atoms with Gasteiger partial charge in [0.1, 0.15) is 5.25 Å². The van der Waals surface area contributed by atoms with Crippen LogP contribution in [0.2, 0.25) is 5.02 Å². The third kappa shape index (κ3) is 2.53. The van der Waals surface area contributed by atoms with Crippen LogP contribution in [0, 0.1) is 0 Å². The summed E-state index contributed by atoms with van der Waals surface area (Å²) in [4.78, 5) is 29.9. The van der Waals surface area contributed by atoms with Gasteiger partial charge >= 0.3 is 0 Å². The molecule has 1 atom stereocenters. The third-order valence-electron chi connectivity index (χ3n) is 3.09. The highest BCUT2D eigenvalue weighted by Gasteiger charge is 2.40. The predicted molar refractivity (Wildman–Crippen MR) is 80.2 cm³/mol. The Morgan fingerprint density at radius 1 is 1.30 bits per heavy atom. The van der Waals surface area contributed by atoms with Crippen LogP contribution in [-0.4, -0.2) is 35.3 Å². The van der Waals surface area contributed by atoms with Crippen LogP contribution in [0.1, 0.15) is 6.42 Å². The van der Waals surface area contributed by atoms with Gasteiger partial charge in [-0.2, -0.15) is 0 Å². The number of hydrogen-bond acceptors (Lipinski definition) is 5. The maximum absolute atomic E-state index is 12.4. The number of carbonyl (C=O) groups excluding carboxylic acids is 2. The van der Waals surface area contributed by atoms with E-state index in [1.165, 1.54) is 16.7 Å². The average molecular weight is 310 g/mol. The number of rotatable bonds is 2. The maximum Gasteiger partial charge on any atom is 0.247 e. The molecule has 0 unspecified atom stereocenters. The molecule has 1 aromatic rings. The van der Waals surface area contributed by atoms with E-state index in [9.17, 15) is 9.59 Å². The third-order valence-corrected chi connectivity index (χ3v) is 4.49. The molecule has 0 bridgehead atoms. The highest BCUT2D eigenvalue weighted by molar-refractivity contribution is 8.15. The second-order valence-electron chi connectivity index (χ2n) is 4.47. The smallest absolute Gasteiger partial charge is 0.247 e. The van der Waals surface area contributed by atoms with Crippen LogP contribution in [0.25, 0.3) is 0 Å². The van der Waals surface area contributed by atoms with E-state index >= 15 is 0 Å². The Morgan fingerprint density at radius 2 is 2.05 bits per heavy atom. The molecular formula is C13H12ClN3O2S. The fourth-order valence-electron chi connectivity index (χ4n) is 2.15. The second-order valence-corrected chi connectivity index (χ2v) is 6.10. The van der Waals surface area contributed by atoms with E-state index in [-0.39, 0.29) is 18.2 Å². The highest BCUT2D eigenvalue weighted by Crippen LogP contribution is 2.30. The normalized spacial score (nSPS) is 22.1. The number of carbonyl (C=O) groups is 2. The van der Waals surface area contributed by atoms with Crippen molar-refractivity contribution in [3.63, 3.8) is 0 Å². The molecule has 0 radical (unpaired) electrons. The van der Waals surface area contributed by atoms with Gasteiger partial charge in [0.2, 0.25) is 11.8 Å². The van der Waals surface area contributed by atoms with Gasteiger partial charge in [-0.25, -0.2) is 4.90 Å². The van der Waals surface area contributed by atoms with E-state index in [4.69, 9.17) is 11.6 Å². The van der Waals surface area contributed by atoms with Crippen LogP contribution >= 0.6 is 23.4 Å². The molecule has 2 aliphatic rings. The van der Waals surface area contributed by atoms with Gasteiger partial charge in [-0.3, -0.25) is 14.6 Å². The zero-order valence-corrected chi connectivity index (χ0v) is 12.1. The van der Waals surface area contributed by atoms with Crippen molar-refractivity contribution in [3.05, 3.63) is 29.3 Å². The van der Waals surface area contributed by atoms with Crippen LogP contribution in [0.5, 0.6) is 0 Å². The highest BCUT2D eigenvalue weighted by atomic mass is 35.5. The van der Waals surface area contributed by atoms with Gasteiger partial charge in [0.25, 0.3) is 0 Å². The Labute approximate surface area is 125 Å². The van der Waals surface area contributed by atoms with Crippen molar-refractivity contribution in [1.29, 1.82) is 0 Å². The summed E-state index contributed by atoms with van der Waals surface area (Å²) in [5, 5.41) is 4.01. The quantitative estimate of drug-likeness (QED) is 0.844. The van der Waals surface area contributed by atoms with Crippen LogP contribution < -0.4 is 10.2 Å². The van der Waals surface area contributed by atoms with Gasteiger partial charge in [0, 0.05) is 18.0 Å². The monoisotopic (exact) mass is 309 g/mol. The van der Waals surface area contributed by atoms with Gasteiger partial charge in [-0.05, 0) is 24.3 Å². The minimum Gasteiger partial charge on any atom is -0.363 e. The van der Waals surface area contributed by atoms with Crippen LogP contribution in [-0.2, 0) is 9.59 Å². The van der Waals surface area contributed by atoms with Crippen molar-refractivity contribution in [2.75, 3.05) is 18.0 Å². The molecule has 2 amide bonds. The van der Waals surface area contributed by atoms with E-state index in [0.29, 0.717) is 10.7 Å². The molecule has 5 nitrogen and oxygen atoms in total. The van der Waals surface area contributed by atoms with Crippen molar-refractivity contribution in [2.45, 2.75) is 11.7 Å². The largest absolute Gasteiger partial charge is 0.363 e. The molecule has 0 aromatic heterocycles. The minimum atomic E-state index is -0.400. The van der Waals surface area contributed by atoms with Crippen molar-refractivity contribution < 1.29 is 9.59 Å². The minimum absolute atomic E-state index is 0.187. The van der Waals surface area contributed by atoms with Crippen molar-refractivity contribution in [1.82, 2.24) is 5.32 Å². The summed E-state index contributed by atoms with van der Waals surface area (Å²) < 4.78 is 0. The molecule has 2 heterocycles. The molecule has 7 heteroatoms. The molecule has 20 heavy (non-hydrogen) atoms. The Morgan fingerprint density at radius 3 is 2.70 bits per heavy atom. The summed E-state index contributed by atoms with van der Waals surface area (Å²) >= 11 is 7.15. The molecule has 104 valence electrons. The van der Waals surface area contributed by atoms with E-state index in [2.05, 4.69) is 10.3 Å². The number of halogens is 1. The van der Waals surface area contributed by atoms with Crippen LogP contribution in [0.4, 0.5) is 5.69 Å². The van der Waals surface area contributed by atoms with Crippen LogP contribution in [0.3, 0.4) is 0 Å². The number of nitrogens with one attached hydrogen (secondary N) is 1. The summed E-state index contributed by atoms with van der Waals surface area (Å²) in [7, 11) is 0. The summed E-state index contributed by atoms with van der Waals surface area (Å²) in [6.45, 7) is 1.51. The molecule has 3 rings (SSSR count). The summed E-state index contributed by atoms with van der Waals surface area (Å²) in [6.07, 6.45) is 0.201. The SMILES string of the molecule is O=C1C[C@@H](SC2=NCCN2)C(=O)N1c1ccc(Cl)cc1. The van der Waals surface area contributed by atoms with Crippen LogP contribution in [0.15, 0.2) is 29.3 Å². The molecule has 0 spiro atoms. The van der Waals surface area contributed by atoms with Gasteiger partial charge < -0.3 is 5.32 Å². The lowest BCUT2D eigenvalue weighted by Crippen LogP contribution is -2.31. The lowest BCUT2D eigenvalue weighted by molar-refractivity contribution is -0.121. The lowest BCUT2D eigenvalue weighted by atomic mass is 10.3. The number of amides is 2. The fraction of sp³-hybridized carbons (Fsp3) is 0.308. The molecule has 0 aliphatic carbocycles. The summed E-state index contributed by atoms with van der Waals surface area (Å²) in [5.41, 5.74) is 0.564. The number of amidine groups is 1. The first-order valence-corrected chi connectivity index (χ1v) is 7.48. The Balaban J connectivity index is 1.77. The zero-order valence-electron chi connectivity index (χ0n) is 10.5. The number of anilines is 1. The van der Waals surface area contributed by atoms with Crippen molar-refractivity contribution in [3.8, 4) is 0 Å². The lowest BCUT2D eigenvalue weighted by Gasteiger charge is -2.14. The zero-order chi connectivity index (χ0) is 14.1. The Hall–Kier alpha value is -1.53. The first-order valence-electron chi connectivity index (χ1n) is 6.22. The maximum atomic E-state index is 12.4. The molecule has 1 aromatic carbocycles. The number of aliphatic imine (C=N–C) groups is 1. The number of imide groups is 1. The van der Waals surface area contributed by atoms with Crippen molar-refractivity contribution >= 4 is 46.0 Å². The molecule has 2 aliphatic heterocycles. The Bertz CT molecular complexity index is 588. The molecule has 1 fully saturated rings. The fourth-order valence-corrected chi connectivity index (χ4v) is 3.33. The predicted octanol–water partition coefficient (Wildman–Crippen LogP) is 1.66. The average Bonchev–Trinajstić information content (AvgIpc) is 3.02. The van der Waals surface area contributed by atoms with Gasteiger partial charge in [0.05, 0.1) is 12.2 Å². The van der Waals surface area contributed by atoms with Gasteiger partial charge in [0.15, 0.2) is 5.17 Å². The number of thioether (sulfide) groups is 1. The molecular weight excluding hydrogens is 298 g/mol. The Kier molecular flexibility index (Phi) is 3.67. The van der Waals surface area contributed by atoms with E-state index in [1.54, 1.807) is 24.3 Å². The first-order chi connectivity index (χ1) is 9.65. The number of benzene rings is 1. The first kappa shape index (κ1) is 13.5. The van der Waals surface area contributed by atoms with E-state index < -0.39 is 5.25 Å². The number of hydrogen-bond donors (Lipinski definition) is 1. The molecule has 1 saturated heterocycles. The summed E-state index contributed by atoms with van der Waals surface area (Å²) in [5.74, 6) is -0.382. The summed E-state index contributed by atoms with van der Waals surface area (Å²) in [6, 6.07) is 6.69. The number of nitrogens with zero attached hydrogens (tertiary/aromatic N) is 2. The second kappa shape index (κ2) is 5.46. The molecule has 0 saturated carbocycles. The van der Waals surface area contributed by atoms with Crippen molar-refractivity contribution in [2.24, 2.45) is 4.99 Å². The van der Waals surface area contributed by atoms with Gasteiger partial charge in [-0.15, -0.1) is 0 Å². The topological polar surface area (TPSA) is 61.8 Å². The van der Waals surface area contributed by atoms with E-state index in [0.717, 1.165) is 18.3 Å². The molecule has 1 N–H and O–H groups in total. The van der Waals surface area contributed by atoms with Gasteiger partial charge in [-0.1, -0.05) is 23.4 Å².